The van der Waals surface area contributed by atoms with Crippen LogP contribution >= 0.6 is 0 Å². The standard InChI is InChI=1S/C32H42FN3O6/c1-7-41-25-16-21-17-36(31(34)27(21)28(33)30(25)42-8-2)18-24(37)20-14-22(32(3,4)5)29(40-6)23(15-20)35-11-9-19(10-12-35)13-26(38)39/h14-16,19,34H,7-13,17-18H2,1-6H3,(H,38,39). The highest BCUT2D eigenvalue weighted by atomic mass is 19.1. The van der Waals surface area contributed by atoms with Gasteiger partial charge < -0.3 is 29.1 Å². The van der Waals surface area contributed by atoms with E-state index in [2.05, 4.69) is 25.7 Å². The Hall–Kier alpha value is -3.82. The number of carboxylic acids is 1. The van der Waals surface area contributed by atoms with Crippen LogP contribution in [0.25, 0.3) is 0 Å². The van der Waals surface area contributed by atoms with Crippen molar-refractivity contribution in [1.82, 2.24) is 4.90 Å². The second-order valence-electron chi connectivity index (χ2n) is 11.9. The van der Waals surface area contributed by atoms with E-state index in [-0.39, 0.29) is 60.4 Å². The van der Waals surface area contributed by atoms with E-state index in [9.17, 15) is 14.7 Å². The molecule has 0 saturated carbocycles. The van der Waals surface area contributed by atoms with Gasteiger partial charge in [0.1, 0.15) is 11.6 Å². The van der Waals surface area contributed by atoms with E-state index in [0.717, 1.165) is 24.1 Å². The van der Waals surface area contributed by atoms with Crippen LogP contribution < -0.4 is 19.1 Å². The summed E-state index contributed by atoms with van der Waals surface area (Å²) in [4.78, 5) is 28.8. The number of hydrogen-bond acceptors (Lipinski definition) is 7. The van der Waals surface area contributed by atoms with Crippen LogP contribution in [-0.2, 0) is 16.8 Å². The Labute approximate surface area is 247 Å². The number of nitrogens with one attached hydrogen (secondary N) is 1. The first-order chi connectivity index (χ1) is 19.9. The minimum Gasteiger partial charge on any atom is -0.494 e. The maximum atomic E-state index is 15.5. The minimum absolute atomic E-state index is 0.0160. The number of anilines is 1. The Balaban J connectivity index is 1.64. The molecule has 2 N–H and O–H groups in total. The van der Waals surface area contributed by atoms with E-state index < -0.39 is 11.8 Å². The molecular weight excluding hydrogens is 541 g/mol. The monoisotopic (exact) mass is 583 g/mol. The van der Waals surface area contributed by atoms with Crippen molar-refractivity contribution in [3.63, 3.8) is 0 Å². The quantitative estimate of drug-likeness (QED) is 0.327. The van der Waals surface area contributed by atoms with Crippen molar-refractivity contribution in [2.24, 2.45) is 5.92 Å². The molecule has 0 spiro atoms. The highest BCUT2D eigenvalue weighted by molar-refractivity contribution is 6.06. The number of carboxylic acid groups (broad SMARTS) is 1. The first-order valence-electron chi connectivity index (χ1n) is 14.6. The molecule has 2 aromatic rings. The van der Waals surface area contributed by atoms with Crippen LogP contribution in [-0.4, -0.2) is 67.6 Å². The van der Waals surface area contributed by atoms with Gasteiger partial charge in [-0.2, -0.15) is 0 Å². The number of nitrogens with zero attached hydrogens (tertiary/aromatic N) is 2. The van der Waals surface area contributed by atoms with Gasteiger partial charge in [-0.15, -0.1) is 0 Å². The predicted molar refractivity (Wildman–Crippen MR) is 159 cm³/mol. The van der Waals surface area contributed by atoms with E-state index in [1.165, 1.54) is 0 Å². The molecule has 42 heavy (non-hydrogen) atoms. The lowest BCUT2D eigenvalue weighted by Crippen LogP contribution is -2.35. The number of benzene rings is 2. The van der Waals surface area contributed by atoms with Crippen molar-refractivity contribution in [2.45, 2.75) is 65.8 Å². The number of rotatable bonds is 11. The third-order valence-electron chi connectivity index (χ3n) is 7.93. The largest absolute Gasteiger partial charge is 0.494 e. The zero-order valence-electron chi connectivity index (χ0n) is 25.4. The van der Waals surface area contributed by atoms with Gasteiger partial charge in [-0.05, 0) is 61.8 Å². The molecule has 2 heterocycles. The van der Waals surface area contributed by atoms with Gasteiger partial charge in [0, 0.05) is 37.2 Å². The summed E-state index contributed by atoms with van der Waals surface area (Å²) in [5.41, 5.74) is 2.54. The van der Waals surface area contributed by atoms with Gasteiger partial charge in [0.05, 0.1) is 38.1 Å². The third kappa shape index (κ3) is 6.32. The molecule has 0 aromatic heterocycles. The molecule has 0 bridgehead atoms. The Morgan fingerprint density at radius 1 is 1.07 bits per heavy atom. The Morgan fingerprint density at radius 3 is 2.31 bits per heavy atom. The summed E-state index contributed by atoms with van der Waals surface area (Å²) in [5.74, 6) is -0.603. The van der Waals surface area contributed by atoms with Crippen molar-refractivity contribution in [3.05, 3.63) is 46.3 Å². The number of Topliss-reactive ketones (excluding diaryl/α,β-unsaturated/α-hetero) is 1. The number of methoxy groups -OCH3 is 1. The van der Waals surface area contributed by atoms with E-state index in [0.29, 0.717) is 42.3 Å². The zero-order chi connectivity index (χ0) is 30.8. The molecule has 9 nitrogen and oxygen atoms in total. The van der Waals surface area contributed by atoms with Crippen molar-refractivity contribution in [3.8, 4) is 17.2 Å². The number of piperidine rings is 1. The smallest absolute Gasteiger partial charge is 0.303 e. The van der Waals surface area contributed by atoms with Gasteiger partial charge in [0.2, 0.25) is 0 Å². The summed E-state index contributed by atoms with van der Waals surface area (Å²) in [6.45, 7) is 11.7. The number of fused-ring (bicyclic) bond motifs is 1. The second-order valence-corrected chi connectivity index (χ2v) is 11.9. The molecule has 2 aliphatic heterocycles. The lowest BCUT2D eigenvalue weighted by Gasteiger charge is -2.36. The van der Waals surface area contributed by atoms with E-state index >= 15 is 4.39 Å². The van der Waals surface area contributed by atoms with Crippen LogP contribution in [0, 0.1) is 17.1 Å². The maximum Gasteiger partial charge on any atom is 0.303 e. The molecule has 10 heteroatoms. The van der Waals surface area contributed by atoms with Gasteiger partial charge in [0.25, 0.3) is 0 Å². The number of aliphatic carboxylic acids is 1. The fourth-order valence-electron chi connectivity index (χ4n) is 5.83. The van der Waals surface area contributed by atoms with E-state index in [1.807, 2.05) is 12.1 Å². The average Bonchev–Trinajstić information content (AvgIpc) is 3.24. The fourth-order valence-corrected chi connectivity index (χ4v) is 5.83. The minimum atomic E-state index is -0.786. The maximum absolute atomic E-state index is 15.5. The van der Waals surface area contributed by atoms with Crippen molar-refractivity contribution < 1.29 is 33.3 Å². The van der Waals surface area contributed by atoms with Crippen molar-refractivity contribution in [1.29, 1.82) is 5.41 Å². The fraction of sp³-hybridized carbons (Fsp3) is 0.531. The normalized spacial score (nSPS) is 15.5. The van der Waals surface area contributed by atoms with Gasteiger partial charge in [-0.3, -0.25) is 15.0 Å². The number of ketones is 1. The van der Waals surface area contributed by atoms with E-state index in [1.54, 1.807) is 31.9 Å². The predicted octanol–water partition coefficient (Wildman–Crippen LogP) is 5.64. The summed E-state index contributed by atoms with van der Waals surface area (Å²) >= 11 is 0. The molecule has 2 aliphatic rings. The Kier molecular flexibility index (Phi) is 9.33. The summed E-state index contributed by atoms with van der Waals surface area (Å²) in [7, 11) is 1.62. The molecule has 0 atom stereocenters. The van der Waals surface area contributed by atoms with Crippen molar-refractivity contribution >= 4 is 23.3 Å². The topological polar surface area (TPSA) is 112 Å². The molecule has 1 saturated heterocycles. The second kappa shape index (κ2) is 12.6. The van der Waals surface area contributed by atoms with Crippen LogP contribution in [0.15, 0.2) is 18.2 Å². The first-order valence-corrected chi connectivity index (χ1v) is 14.6. The van der Waals surface area contributed by atoms with Gasteiger partial charge in [-0.1, -0.05) is 20.8 Å². The van der Waals surface area contributed by atoms with Crippen LogP contribution in [0.4, 0.5) is 10.1 Å². The molecule has 4 rings (SSSR count). The van der Waals surface area contributed by atoms with E-state index in [4.69, 9.17) is 19.6 Å². The van der Waals surface area contributed by atoms with Gasteiger partial charge >= 0.3 is 5.97 Å². The van der Waals surface area contributed by atoms with Crippen LogP contribution in [0.1, 0.15) is 80.9 Å². The number of amidine groups is 1. The lowest BCUT2D eigenvalue weighted by atomic mass is 9.83. The number of ether oxygens (including phenoxy) is 3. The molecule has 0 unspecified atom stereocenters. The van der Waals surface area contributed by atoms with Crippen LogP contribution in [0.3, 0.4) is 0 Å². The van der Waals surface area contributed by atoms with Crippen LogP contribution in [0.5, 0.6) is 17.2 Å². The molecule has 0 radical (unpaired) electrons. The summed E-state index contributed by atoms with van der Waals surface area (Å²) in [5, 5.41) is 17.9. The van der Waals surface area contributed by atoms with Crippen molar-refractivity contribution in [2.75, 3.05) is 44.9 Å². The highest BCUT2D eigenvalue weighted by Gasteiger charge is 2.34. The third-order valence-corrected chi connectivity index (χ3v) is 7.93. The molecule has 0 aliphatic carbocycles. The molecular formula is C32H42FN3O6. The number of carbonyl (C=O) groups excluding carboxylic acids is 1. The molecule has 228 valence electrons. The van der Waals surface area contributed by atoms with Gasteiger partial charge in [-0.25, -0.2) is 4.39 Å². The zero-order valence-corrected chi connectivity index (χ0v) is 25.4. The van der Waals surface area contributed by atoms with Gasteiger partial charge in [0.15, 0.2) is 23.1 Å². The highest BCUT2D eigenvalue weighted by Crippen LogP contribution is 2.42. The SMILES string of the molecule is CCOc1cc2c(c(F)c1OCC)C(=N)N(CC(=O)c1cc(N3CCC(CC(=O)O)CC3)c(OC)c(C(C)(C)C)c1)C2. The van der Waals surface area contributed by atoms with Crippen LogP contribution in [0.2, 0.25) is 0 Å². The molecule has 2 aromatic carbocycles. The number of hydrogen-bond donors (Lipinski definition) is 2. The number of carbonyl (C=O) groups is 2. The summed E-state index contributed by atoms with van der Waals surface area (Å²) in [6.07, 6.45) is 1.63. The molecule has 1 fully saturated rings. The summed E-state index contributed by atoms with van der Waals surface area (Å²) < 4.78 is 32.6. The molecule has 0 amide bonds. The first kappa shape index (κ1) is 31.1. The lowest BCUT2D eigenvalue weighted by molar-refractivity contribution is -0.138. The Bertz CT molecular complexity index is 1360. The average molecular weight is 584 g/mol. The summed E-state index contributed by atoms with van der Waals surface area (Å²) in [6, 6.07) is 5.39. The number of halogens is 1. The Morgan fingerprint density at radius 2 is 1.74 bits per heavy atom.